The van der Waals surface area contributed by atoms with E-state index < -0.39 is 0 Å². The minimum absolute atomic E-state index is 0.367. The standard InChI is InChI=1S/C19H27N3O/c20-17(23)16-15(21-18(22-16)14-1-2-14)3-4-19-8-11-5-12(9-19)7-13(6-11)10-19/h11-14H,1-10H2,(H2,20,23)(H,21,22). The number of imidazole rings is 1. The largest absolute Gasteiger partial charge is 0.364 e. The zero-order valence-corrected chi connectivity index (χ0v) is 13.8. The first-order valence-electron chi connectivity index (χ1n) is 9.49. The third-order valence-electron chi connectivity index (χ3n) is 7.06. The number of hydrogen-bond acceptors (Lipinski definition) is 2. The number of primary amides is 1. The Bertz CT molecular complexity index is 608. The number of amides is 1. The maximum absolute atomic E-state index is 11.7. The Kier molecular flexibility index (Phi) is 2.96. The maximum atomic E-state index is 11.7. The molecule has 4 heteroatoms. The third kappa shape index (κ3) is 2.41. The third-order valence-corrected chi connectivity index (χ3v) is 7.06. The summed E-state index contributed by atoms with van der Waals surface area (Å²) in [6.45, 7) is 0. The highest BCUT2D eigenvalue weighted by Crippen LogP contribution is 2.61. The molecule has 0 aromatic carbocycles. The maximum Gasteiger partial charge on any atom is 0.269 e. The first kappa shape index (κ1) is 14.1. The summed E-state index contributed by atoms with van der Waals surface area (Å²) in [7, 11) is 0. The van der Waals surface area contributed by atoms with Crippen LogP contribution in [0.15, 0.2) is 0 Å². The molecule has 0 unspecified atom stereocenters. The number of nitrogens with zero attached hydrogens (tertiary/aromatic N) is 1. The van der Waals surface area contributed by atoms with E-state index in [2.05, 4.69) is 9.97 Å². The van der Waals surface area contributed by atoms with Crippen LogP contribution in [-0.4, -0.2) is 15.9 Å². The lowest BCUT2D eigenvalue weighted by Gasteiger charge is -2.57. The van der Waals surface area contributed by atoms with Crippen molar-refractivity contribution in [2.75, 3.05) is 0 Å². The molecule has 1 aromatic rings. The van der Waals surface area contributed by atoms with Gasteiger partial charge in [0.15, 0.2) is 0 Å². The summed E-state index contributed by atoms with van der Waals surface area (Å²) in [5, 5.41) is 0. The predicted octanol–water partition coefficient (Wildman–Crippen LogP) is 3.54. The molecule has 23 heavy (non-hydrogen) atoms. The smallest absolute Gasteiger partial charge is 0.269 e. The fourth-order valence-electron chi connectivity index (χ4n) is 6.35. The van der Waals surface area contributed by atoms with Crippen LogP contribution in [0, 0.1) is 23.2 Å². The van der Waals surface area contributed by atoms with Crippen molar-refractivity contribution in [1.29, 1.82) is 0 Å². The van der Waals surface area contributed by atoms with Gasteiger partial charge >= 0.3 is 0 Å². The molecule has 3 N–H and O–H groups in total. The Labute approximate surface area is 137 Å². The van der Waals surface area contributed by atoms with Crippen molar-refractivity contribution in [2.24, 2.45) is 28.9 Å². The molecule has 0 saturated heterocycles. The van der Waals surface area contributed by atoms with Crippen LogP contribution in [0.4, 0.5) is 0 Å². The molecule has 5 saturated carbocycles. The summed E-state index contributed by atoms with van der Waals surface area (Å²) in [4.78, 5) is 19.7. The van der Waals surface area contributed by atoms with Crippen molar-refractivity contribution in [3.8, 4) is 0 Å². The zero-order valence-electron chi connectivity index (χ0n) is 13.8. The van der Waals surface area contributed by atoms with Gasteiger partial charge in [0.25, 0.3) is 5.91 Å². The average molecular weight is 313 g/mol. The molecule has 5 fully saturated rings. The highest BCUT2D eigenvalue weighted by molar-refractivity contribution is 5.92. The van der Waals surface area contributed by atoms with E-state index in [0.29, 0.717) is 17.0 Å². The van der Waals surface area contributed by atoms with Gasteiger partial charge in [0, 0.05) is 11.6 Å². The van der Waals surface area contributed by atoms with Gasteiger partial charge in [-0.2, -0.15) is 0 Å². The number of carbonyl (C=O) groups is 1. The molecule has 5 aliphatic rings. The van der Waals surface area contributed by atoms with E-state index in [9.17, 15) is 4.79 Å². The Hall–Kier alpha value is -1.32. The number of carbonyl (C=O) groups excluding carboxylic acids is 1. The Morgan fingerprint density at radius 3 is 2.26 bits per heavy atom. The molecule has 124 valence electrons. The second-order valence-corrected chi connectivity index (χ2v) is 9.01. The van der Waals surface area contributed by atoms with Crippen molar-refractivity contribution in [3.05, 3.63) is 17.2 Å². The molecule has 4 nitrogen and oxygen atoms in total. The van der Waals surface area contributed by atoms with Crippen LogP contribution in [0.25, 0.3) is 0 Å². The molecular formula is C19H27N3O. The lowest BCUT2D eigenvalue weighted by Crippen LogP contribution is -2.46. The van der Waals surface area contributed by atoms with Gasteiger partial charge in [-0.15, -0.1) is 0 Å². The molecule has 1 heterocycles. The first-order valence-corrected chi connectivity index (χ1v) is 9.49. The van der Waals surface area contributed by atoms with Crippen molar-refractivity contribution in [1.82, 2.24) is 9.97 Å². The monoisotopic (exact) mass is 313 g/mol. The number of H-pyrrole nitrogens is 1. The van der Waals surface area contributed by atoms with Crippen LogP contribution in [0.2, 0.25) is 0 Å². The first-order chi connectivity index (χ1) is 11.1. The zero-order chi connectivity index (χ0) is 15.6. The van der Waals surface area contributed by atoms with E-state index in [4.69, 9.17) is 5.73 Å². The molecule has 6 rings (SSSR count). The van der Waals surface area contributed by atoms with Crippen molar-refractivity contribution >= 4 is 5.91 Å². The minimum Gasteiger partial charge on any atom is -0.364 e. The van der Waals surface area contributed by atoms with E-state index in [-0.39, 0.29) is 5.91 Å². The number of rotatable bonds is 5. The average Bonchev–Trinajstić information content (AvgIpc) is 3.23. The summed E-state index contributed by atoms with van der Waals surface area (Å²) in [5.74, 6) is 4.14. The van der Waals surface area contributed by atoms with Crippen molar-refractivity contribution in [3.63, 3.8) is 0 Å². The van der Waals surface area contributed by atoms with Crippen LogP contribution < -0.4 is 5.73 Å². The van der Waals surface area contributed by atoms with E-state index >= 15 is 0 Å². The number of aromatic amines is 1. The molecule has 1 amide bonds. The summed E-state index contributed by atoms with van der Waals surface area (Å²) in [5.41, 5.74) is 7.63. The summed E-state index contributed by atoms with van der Waals surface area (Å²) >= 11 is 0. The SMILES string of the molecule is NC(=O)c1nc(C2CC2)[nH]c1CCC12CC3CC(CC(C3)C1)C2. The van der Waals surface area contributed by atoms with Gasteiger partial charge in [-0.1, -0.05) is 0 Å². The van der Waals surface area contributed by atoms with Crippen molar-refractivity contribution < 1.29 is 4.79 Å². The molecular weight excluding hydrogens is 286 g/mol. The van der Waals surface area contributed by atoms with Gasteiger partial charge in [0.2, 0.25) is 0 Å². The fraction of sp³-hybridized carbons (Fsp3) is 0.789. The van der Waals surface area contributed by atoms with Crippen LogP contribution in [0.5, 0.6) is 0 Å². The van der Waals surface area contributed by atoms with Gasteiger partial charge in [-0.25, -0.2) is 4.98 Å². The highest BCUT2D eigenvalue weighted by atomic mass is 16.1. The highest BCUT2D eigenvalue weighted by Gasteiger charge is 2.50. The summed E-state index contributed by atoms with van der Waals surface area (Å²) in [6.07, 6.45) is 13.3. The lowest BCUT2D eigenvalue weighted by molar-refractivity contribution is -0.0570. The number of nitrogens with two attached hydrogens (primary N) is 1. The second kappa shape index (κ2) is 4.84. The van der Waals surface area contributed by atoms with Gasteiger partial charge in [0.05, 0.1) is 0 Å². The predicted molar refractivity (Wildman–Crippen MR) is 88.0 cm³/mol. The van der Waals surface area contributed by atoms with Gasteiger partial charge in [0.1, 0.15) is 11.5 Å². The molecule has 4 bridgehead atoms. The molecule has 5 aliphatic carbocycles. The van der Waals surface area contributed by atoms with Gasteiger partial charge < -0.3 is 10.7 Å². The normalized spacial score (nSPS) is 38.2. The molecule has 0 aliphatic heterocycles. The van der Waals surface area contributed by atoms with E-state index in [1.807, 2.05) is 0 Å². The Morgan fingerprint density at radius 1 is 1.13 bits per heavy atom. The molecule has 1 aromatic heterocycles. The van der Waals surface area contributed by atoms with Crippen LogP contribution in [-0.2, 0) is 6.42 Å². The van der Waals surface area contributed by atoms with Crippen molar-refractivity contribution in [2.45, 2.75) is 70.1 Å². The van der Waals surface area contributed by atoms with E-state index in [1.54, 1.807) is 0 Å². The number of aryl methyl sites for hydroxylation is 1. The summed E-state index contributed by atoms with van der Waals surface area (Å²) < 4.78 is 0. The van der Waals surface area contributed by atoms with Gasteiger partial charge in [-0.05, 0) is 87.4 Å². The number of hydrogen-bond donors (Lipinski definition) is 2. The molecule has 0 radical (unpaired) electrons. The van der Waals surface area contributed by atoms with Crippen LogP contribution in [0.3, 0.4) is 0 Å². The van der Waals surface area contributed by atoms with Crippen LogP contribution in [0.1, 0.15) is 85.7 Å². The van der Waals surface area contributed by atoms with Gasteiger partial charge in [-0.3, -0.25) is 4.79 Å². The molecule has 0 atom stereocenters. The lowest BCUT2D eigenvalue weighted by atomic mass is 9.48. The van der Waals surface area contributed by atoms with Crippen LogP contribution >= 0.6 is 0 Å². The second-order valence-electron chi connectivity index (χ2n) is 9.01. The topological polar surface area (TPSA) is 71.8 Å². The Morgan fingerprint density at radius 2 is 1.74 bits per heavy atom. The number of nitrogens with one attached hydrogen (secondary N) is 1. The van der Waals surface area contributed by atoms with E-state index in [1.165, 1.54) is 57.8 Å². The quantitative estimate of drug-likeness (QED) is 0.872. The number of aromatic nitrogens is 2. The minimum atomic E-state index is -0.367. The van der Waals surface area contributed by atoms with E-state index in [0.717, 1.165) is 35.7 Å². The fourth-order valence-corrected chi connectivity index (χ4v) is 6.35. The summed E-state index contributed by atoms with van der Waals surface area (Å²) in [6, 6.07) is 0. The molecule has 0 spiro atoms. The Balaban J connectivity index is 1.35.